The summed E-state index contributed by atoms with van der Waals surface area (Å²) in [5, 5.41) is 0. The first-order chi connectivity index (χ1) is 12.7. The summed E-state index contributed by atoms with van der Waals surface area (Å²) in [6, 6.07) is 14.0. The van der Waals surface area contributed by atoms with Crippen molar-refractivity contribution in [2.24, 2.45) is 0 Å². The van der Waals surface area contributed by atoms with E-state index in [0.717, 1.165) is 16.7 Å². The van der Waals surface area contributed by atoms with Gasteiger partial charge in [0.25, 0.3) is 0 Å². The van der Waals surface area contributed by atoms with Crippen molar-refractivity contribution in [2.75, 3.05) is 6.58 Å². The number of ether oxygens (including phenoxy) is 1. The Morgan fingerprint density at radius 3 is 1.92 bits per heavy atom. The second-order valence-corrected chi connectivity index (χ2v) is 7.80. The highest BCUT2D eigenvalue weighted by molar-refractivity contribution is 5.93. The molecule has 2 rings (SSSR count). The third kappa shape index (κ3) is 4.97. The van der Waals surface area contributed by atoms with Crippen LogP contribution in [-0.2, 0) is 11.2 Å². The number of hydrogen-bond acceptors (Lipinski definition) is 2. The average molecular weight is 354 g/mol. The maximum absolute atomic E-state index is 13.0. The molecule has 0 aliphatic rings. The third-order valence-electron chi connectivity index (χ3n) is 4.69. The van der Waals surface area contributed by atoms with E-state index >= 15 is 0 Å². The smallest absolute Gasteiger partial charge is 0.338 e. The van der Waals surface area contributed by atoms with Crippen LogP contribution in [0.3, 0.4) is 0 Å². The summed E-state index contributed by atoms with van der Waals surface area (Å²) in [4.78, 5) is 13.0. The van der Waals surface area contributed by atoms with Gasteiger partial charge < -0.3 is 4.74 Å². The lowest BCUT2D eigenvalue weighted by atomic mass is 9.84. The van der Waals surface area contributed by atoms with Crippen LogP contribution in [0.4, 0.5) is 0 Å². The molecule has 2 nitrogen and oxygen atoms in total. The van der Waals surface area contributed by atoms with Crippen LogP contribution in [-0.4, -0.2) is 12.6 Å². The molecule has 0 aromatic heterocycles. The van der Waals surface area contributed by atoms with Crippen LogP contribution in [0.1, 0.15) is 93.3 Å². The van der Waals surface area contributed by atoms with Crippen LogP contribution >= 0.6 is 0 Å². The number of hydrogen-bond donors (Lipinski definition) is 0. The van der Waals surface area contributed by atoms with Crippen molar-refractivity contribution in [1.29, 1.82) is 0 Å². The standard InChI is InChI=1S/C24H32O2/c1-16(2)20-14-21(17(3)4)23(22(15-20)18(5)6)24(25)26-13-12-19-10-8-7-9-11-19/h7-11,14-18H,12-13H2,1-6H3/i13D/t13-/m0/s1. The highest BCUT2D eigenvalue weighted by Gasteiger charge is 2.23. The van der Waals surface area contributed by atoms with Crippen LogP contribution in [0.15, 0.2) is 42.5 Å². The molecule has 0 saturated heterocycles. The second kappa shape index (κ2) is 9.02. The van der Waals surface area contributed by atoms with Crippen molar-refractivity contribution in [1.82, 2.24) is 0 Å². The van der Waals surface area contributed by atoms with Gasteiger partial charge in [-0.25, -0.2) is 4.79 Å². The van der Waals surface area contributed by atoms with Gasteiger partial charge in [0.15, 0.2) is 0 Å². The summed E-state index contributed by atoms with van der Waals surface area (Å²) in [7, 11) is 0. The van der Waals surface area contributed by atoms with Crippen LogP contribution in [0.5, 0.6) is 0 Å². The van der Waals surface area contributed by atoms with Gasteiger partial charge in [0, 0.05) is 6.42 Å². The lowest BCUT2D eigenvalue weighted by Gasteiger charge is -2.22. The predicted molar refractivity (Wildman–Crippen MR) is 109 cm³/mol. The van der Waals surface area contributed by atoms with Crippen LogP contribution in [0, 0.1) is 0 Å². The zero-order valence-electron chi connectivity index (χ0n) is 17.9. The van der Waals surface area contributed by atoms with E-state index in [1.807, 2.05) is 30.3 Å². The summed E-state index contributed by atoms with van der Waals surface area (Å²) in [5.41, 5.74) is 4.91. The number of carbonyl (C=O) groups is 1. The molecule has 0 saturated carbocycles. The van der Waals surface area contributed by atoms with Gasteiger partial charge in [0.05, 0.1) is 13.5 Å². The molecule has 0 bridgehead atoms. The third-order valence-corrected chi connectivity index (χ3v) is 4.69. The second-order valence-electron chi connectivity index (χ2n) is 7.80. The van der Waals surface area contributed by atoms with E-state index in [1.165, 1.54) is 5.56 Å². The molecule has 0 N–H and O–H groups in total. The molecule has 0 fully saturated rings. The Balaban J connectivity index is 2.35. The molecule has 2 heteroatoms. The lowest BCUT2D eigenvalue weighted by molar-refractivity contribution is 0.0505. The molecule has 2 aromatic rings. The molecule has 0 aliphatic heterocycles. The molecule has 0 amide bonds. The average Bonchev–Trinajstić information content (AvgIpc) is 2.60. The molecule has 0 spiro atoms. The van der Waals surface area contributed by atoms with Crippen molar-refractivity contribution in [3.05, 3.63) is 70.3 Å². The topological polar surface area (TPSA) is 26.3 Å². The van der Waals surface area contributed by atoms with E-state index in [9.17, 15) is 4.79 Å². The van der Waals surface area contributed by atoms with E-state index in [2.05, 4.69) is 53.7 Å². The molecule has 0 radical (unpaired) electrons. The van der Waals surface area contributed by atoms with Gasteiger partial charge >= 0.3 is 5.97 Å². The van der Waals surface area contributed by atoms with E-state index in [0.29, 0.717) is 17.9 Å². The maximum atomic E-state index is 13.0. The fourth-order valence-electron chi connectivity index (χ4n) is 3.08. The largest absolute Gasteiger partial charge is 0.462 e. The Bertz CT molecular complexity index is 734. The molecule has 2 aromatic carbocycles. The predicted octanol–water partition coefficient (Wildman–Crippen LogP) is 6.46. The molecular formula is C24H32O2. The molecule has 0 unspecified atom stereocenters. The Labute approximate surface area is 160 Å². The van der Waals surface area contributed by atoms with Crippen molar-refractivity contribution in [2.45, 2.75) is 65.7 Å². The normalized spacial score (nSPS) is 13.2. The Kier molecular flexibility index (Phi) is 6.49. The summed E-state index contributed by atoms with van der Waals surface area (Å²) in [6.45, 7) is 11.8. The van der Waals surface area contributed by atoms with E-state index in [-0.39, 0.29) is 17.8 Å². The Morgan fingerprint density at radius 1 is 0.923 bits per heavy atom. The summed E-state index contributed by atoms with van der Waals surface area (Å²) < 4.78 is 13.8. The van der Waals surface area contributed by atoms with Gasteiger partial charge in [-0.05, 0) is 40.0 Å². The first kappa shape index (κ1) is 18.7. The van der Waals surface area contributed by atoms with Crippen LogP contribution in [0.25, 0.3) is 0 Å². The molecule has 26 heavy (non-hydrogen) atoms. The van der Waals surface area contributed by atoms with Gasteiger partial charge in [-0.1, -0.05) is 84.0 Å². The maximum Gasteiger partial charge on any atom is 0.338 e. The number of rotatable bonds is 7. The monoisotopic (exact) mass is 353 g/mol. The highest BCUT2D eigenvalue weighted by Crippen LogP contribution is 2.32. The van der Waals surface area contributed by atoms with Crippen molar-refractivity contribution in [3.63, 3.8) is 0 Å². The zero-order valence-corrected chi connectivity index (χ0v) is 16.9. The first-order valence-electron chi connectivity index (χ1n) is 10.1. The van der Waals surface area contributed by atoms with E-state index < -0.39 is 6.58 Å². The van der Waals surface area contributed by atoms with Gasteiger partial charge in [-0.2, -0.15) is 0 Å². The number of aryl methyl sites for hydroxylation is 1. The quantitative estimate of drug-likeness (QED) is 0.534. The molecular weight excluding hydrogens is 320 g/mol. The SMILES string of the molecule is [2H][C@@H](Cc1ccccc1)OC(=O)c1c(C(C)C)cc(C(C)C)cc1C(C)C. The van der Waals surface area contributed by atoms with Gasteiger partial charge in [0.1, 0.15) is 0 Å². The fraction of sp³-hybridized carbons (Fsp3) is 0.458. The molecule has 1 atom stereocenters. The number of carbonyl (C=O) groups excluding carboxylic acids is 1. The summed E-state index contributed by atoms with van der Waals surface area (Å²) in [5.74, 6) is 0.435. The van der Waals surface area contributed by atoms with Crippen LogP contribution in [0.2, 0.25) is 0 Å². The number of benzene rings is 2. The van der Waals surface area contributed by atoms with E-state index in [1.54, 1.807) is 0 Å². The van der Waals surface area contributed by atoms with Gasteiger partial charge in [-0.15, -0.1) is 0 Å². The van der Waals surface area contributed by atoms with Crippen LogP contribution < -0.4 is 0 Å². The fourth-order valence-corrected chi connectivity index (χ4v) is 3.08. The minimum absolute atomic E-state index is 0.210. The minimum atomic E-state index is -0.912. The molecule has 0 aliphatic carbocycles. The first-order valence-corrected chi connectivity index (χ1v) is 9.55. The summed E-state index contributed by atoms with van der Waals surface area (Å²) in [6.07, 6.45) is 0.394. The van der Waals surface area contributed by atoms with Crippen molar-refractivity contribution >= 4 is 5.97 Å². The van der Waals surface area contributed by atoms with Gasteiger partial charge in [0.2, 0.25) is 0 Å². The van der Waals surface area contributed by atoms with Gasteiger partial charge in [-0.3, -0.25) is 0 Å². The highest BCUT2D eigenvalue weighted by atomic mass is 16.5. The summed E-state index contributed by atoms with van der Waals surface area (Å²) >= 11 is 0. The molecule has 0 heterocycles. The zero-order chi connectivity index (χ0) is 20.1. The van der Waals surface area contributed by atoms with Crippen molar-refractivity contribution in [3.8, 4) is 0 Å². The number of esters is 1. The Morgan fingerprint density at radius 2 is 1.46 bits per heavy atom. The van der Waals surface area contributed by atoms with Crippen molar-refractivity contribution < 1.29 is 10.9 Å². The van der Waals surface area contributed by atoms with E-state index in [4.69, 9.17) is 6.11 Å². The Hall–Kier alpha value is -2.09. The lowest BCUT2D eigenvalue weighted by Crippen LogP contribution is -2.16. The minimum Gasteiger partial charge on any atom is -0.462 e. The molecule has 140 valence electrons.